The minimum atomic E-state index is 0.0378. The third kappa shape index (κ3) is 2.03. The average Bonchev–Trinajstić information content (AvgIpc) is 3.16. The van der Waals surface area contributed by atoms with Gasteiger partial charge in [-0.3, -0.25) is 0 Å². The zero-order valence-corrected chi connectivity index (χ0v) is 10.4. The third-order valence-electron chi connectivity index (χ3n) is 3.29. The molecule has 0 aliphatic heterocycles. The van der Waals surface area contributed by atoms with E-state index in [0.717, 1.165) is 23.7 Å². The lowest BCUT2D eigenvalue weighted by molar-refractivity contribution is 0.271. The molecule has 1 aliphatic rings. The van der Waals surface area contributed by atoms with Crippen LogP contribution in [-0.4, -0.2) is 37.6 Å². The molecule has 3 rings (SSSR count). The number of aliphatic hydroxyl groups is 1. The first-order valence-electron chi connectivity index (χ1n) is 6.41. The van der Waals surface area contributed by atoms with Crippen molar-refractivity contribution in [2.45, 2.75) is 38.1 Å². The Morgan fingerprint density at radius 2 is 2.28 bits per heavy atom. The van der Waals surface area contributed by atoms with E-state index < -0.39 is 0 Å². The van der Waals surface area contributed by atoms with Gasteiger partial charge in [-0.15, -0.1) is 15.3 Å². The molecular formula is C12H17N5O. The standard InChI is InChI=1S/C12H17N5O/c1-2-9(7-18)13-10-5-6-11-14-15-12(8-3-4-8)17(11)16-10/h5-6,8-9,18H,2-4,7H2,1H3,(H,13,16)/t9-/m0/s1. The monoisotopic (exact) mass is 247 g/mol. The second-order valence-electron chi connectivity index (χ2n) is 4.75. The highest BCUT2D eigenvalue weighted by Crippen LogP contribution is 2.38. The number of anilines is 1. The lowest BCUT2D eigenvalue weighted by Gasteiger charge is -2.14. The Hall–Kier alpha value is -1.69. The van der Waals surface area contributed by atoms with Gasteiger partial charge in [0.25, 0.3) is 0 Å². The molecule has 2 aromatic rings. The summed E-state index contributed by atoms with van der Waals surface area (Å²) in [5, 5.41) is 25.2. The van der Waals surface area contributed by atoms with E-state index in [4.69, 9.17) is 0 Å². The van der Waals surface area contributed by atoms with Crippen LogP contribution >= 0.6 is 0 Å². The fourth-order valence-corrected chi connectivity index (χ4v) is 1.96. The van der Waals surface area contributed by atoms with Crippen LogP contribution in [0.3, 0.4) is 0 Å². The lowest BCUT2D eigenvalue weighted by Crippen LogP contribution is -2.23. The highest BCUT2D eigenvalue weighted by Gasteiger charge is 2.29. The van der Waals surface area contributed by atoms with Crippen LogP contribution in [0.4, 0.5) is 5.82 Å². The van der Waals surface area contributed by atoms with E-state index in [1.807, 2.05) is 23.6 Å². The number of nitrogens with zero attached hydrogens (tertiary/aromatic N) is 4. The first-order chi connectivity index (χ1) is 8.81. The van der Waals surface area contributed by atoms with Gasteiger partial charge in [0, 0.05) is 5.92 Å². The Kier molecular flexibility index (Phi) is 2.87. The van der Waals surface area contributed by atoms with Gasteiger partial charge in [0.2, 0.25) is 0 Å². The first-order valence-corrected chi connectivity index (χ1v) is 6.41. The van der Waals surface area contributed by atoms with Crippen molar-refractivity contribution in [1.29, 1.82) is 0 Å². The van der Waals surface area contributed by atoms with Crippen molar-refractivity contribution in [3.8, 4) is 0 Å². The maximum atomic E-state index is 9.19. The van der Waals surface area contributed by atoms with Crippen molar-refractivity contribution < 1.29 is 5.11 Å². The summed E-state index contributed by atoms with van der Waals surface area (Å²) < 4.78 is 1.81. The van der Waals surface area contributed by atoms with Crippen LogP contribution in [0.1, 0.15) is 37.9 Å². The van der Waals surface area contributed by atoms with Crippen LogP contribution in [0.15, 0.2) is 12.1 Å². The van der Waals surface area contributed by atoms with E-state index in [2.05, 4.69) is 20.6 Å². The van der Waals surface area contributed by atoms with Crippen LogP contribution in [-0.2, 0) is 0 Å². The molecular weight excluding hydrogens is 230 g/mol. The van der Waals surface area contributed by atoms with Gasteiger partial charge in [-0.25, -0.2) is 0 Å². The molecule has 0 amide bonds. The third-order valence-corrected chi connectivity index (χ3v) is 3.29. The van der Waals surface area contributed by atoms with Crippen LogP contribution in [0.5, 0.6) is 0 Å². The molecule has 1 atom stereocenters. The molecule has 18 heavy (non-hydrogen) atoms. The van der Waals surface area contributed by atoms with E-state index in [1.165, 1.54) is 12.8 Å². The number of aliphatic hydroxyl groups excluding tert-OH is 1. The van der Waals surface area contributed by atoms with Crippen LogP contribution in [0, 0.1) is 0 Å². The van der Waals surface area contributed by atoms with Gasteiger partial charge in [0.1, 0.15) is 5.82 Å². The lowest BCUT2D eigenvalue weighted by atomic mass is 10.2. The first kappa shape index (κ1) is 11.4. The SMILES string of the molecule is CC[C@@H](CO)Nc1ccc2nnc(C3CC3)n2n1. The summed E-state index contributed by atoms with van der Waals surface area (Å²) in [5.41, 5.74) is 0.777. The van der Waals surface area contributed by atoms with Gasteiger partial charge < -0.3 is 10.4 Å². The Balaban J connectivity index is 1.91. The topological polar surface area (TPSA) is 75.3 Å². The molecule has 1 aliphatic carbocycles. The molecule has 0 saturated heterocycles. The van der Waals surface area contributed by atoms with Crippen molar-refractivity contribution in [1.82, 2.24) is 19.8 Å². The number of fused-ring (bicyclic) bond motifs is 1. The fourth-order valence-electron chi connectivity index (χ4n) is 1.96. The van der Waals surface area contributed by atoms with Gasteiger partial charge in [0.15, 0.2) is 11.5 Å². The number of nitrogens with one attached hydrogen (secondary N) is 1. The maximum Gasteiger partial charge on any atom is 0.178 e. The van der Waals surface area contributed by atoms with Gasteiger partial charge in [-0.05, 0) is 31.4 Å². The molecule has 0 aromatic carbocycles. The second-order valence-corrected chi connectivity index (χ2v) is 4.75. The Labute approximate surface area is 105 Å². The molecule has 1 saturated carbocycles. The molecule has 6 nitrogen and oxygen atoms in total. The number of aromatic nitrogens is 4. The predicted octanol–water partition coefficient (Wildman–Crippen LogP) is 1.18. The zero-order chi connectivity index (χ0) is 12.5. The molecule has 0 spiro atoms. The van der Waals surface area contributed by atoms with Gasteiger partial charge in [-0.2, -0.15) is 4.52 Å². The van der Waals surface area contributed by atoms with Crippen molar-refractivity contribution in [3.05, 3.63) is 18.0 Å². The average molecular weight is 247 g/mol. The quantitative estimate of drug-likeness (QED) is 0.830. The Morgan fingerprint density at radius 3 is 2.94 bits per heavy atom. The normalized spacial score (nSPS) is 17.0. The molecule has 2 aromatic heterocycles. The zero-order valence-electron chi connectivity index (χ0n) is 10.4. The summed E-state index contributed by atoms with van der Waals surface area (Å²) >= 11 is 0. The van der Waals surface area contributed by atoms with Crippen LogP contribution < -0.4 is 5.32 Å². The predicted molar refractivity (Wildman–Crippen MR) is 67.5 cm³/mol. The van der Waals surface area contributed by atoms with Gasteiger partial charge >= 0.3 is 0 Å². The smallest absolute Gasteiger partial charge is 0.178 e. The van der Waals surface area contributed by atoms with Gasteiger partial charge in [-0.1, -0.05) is 6.92 Å². The fraction of sp³-hybridized carbons (Fsp3) is 0.583. The largest absolute Gasteiger partial charge is 0.394 e. The van der Waals surface area contributed by atoms with Crippen molar-refractivity contribution in [2.24, 2.45) is 0 Å². The van der Waals surface area contributed by atoms with E-state index in [0.29, 0.717) is 5.92 Å². The molecule has 0 unspecified atom stereocenters. The summed E-state index contributed by atoms with van der Waals surface area (Å²) in [5.74, 6) is 2.22. The summed E-state index contributed by atoms with van der Waals surface area (Å²) in [6, 6.07) is 3.81. The molecule has 96 valence electrons. The number of hydrogen-bond acceptors (Lipinski definition) is 5. The van der Waals surface area contributed by atoms with Crippen LogP contribution in [0.25, 0.3) is 5.65 Å². The number of hydrogen-bond donors (Lipinski definition) is 2. The highest BCUT2D eigenvalue weighted by molar-refractivity contribution is 5.45. The summed E-state index contributed by atoms with van der Waals surface area (Å²) in [6.45, 7) is 2.13. The molecule has 2 N–H and O–H groups in total. The van der Waals surface area contributed by atoms with E-state index in [-0.39, 0.29) is 12.6 Å². The molecule has 0 bridgehead atoms. The minimum absolute atomic E-state index is 0.0378. The van der Waals surface area contributed by atoms with Gasteiger partial charge in [0.05, 0.1) is 12.6 Å². The molecule has 2 heterocycles. The molecule has 1 fully saturated rings. The van der Waals surface area contributed by atoms with Crippen molar-refractivity contribution in [2.75, 3.05) is 11.9 Å². The summed E-state index contributed by atoms with van der Waals surface area (Å²) in [4.78, 5) is 0. The number of rotatable bonds is 5. The Morgan fingerprint density at radius 1 is 1.44 bits per heavy atom. The van der Waals surface area contributed by atoms with Crippen LogP contribution in [0.2, 0.25) is 0 Å². The minimum Gasteiger partial charge on any atom is -0.394 e. The molecule has 0 radical (unpaired) electrons. The van der Waals surface area contributed by atoms with E-state index in [1.54, 1.807) is 0 Å². The summed E-state index contributed by atoms with van der Waals surface area (Å²) in [6.07, 6.45) is 3.20. The highest BCUT2D eigenvalue weighted by atomic mass is 16.3. The van der Waals surface area contributed by atoms with Crippen molar-refractivity contribution >= 4 is 11.5 Å². The Bertz CT molecular complexity index is 544. The molecule has 6 heteroatoms. The van der Waals surface area contributed by atoms with E-state index >= 15 is 0 Å². The van der Waals surface area contributed by atoms with E-state index in [9.17, 15) is 5.11 Å². The second kappa shape index (κ2) is 4.53. The summed E-state index contributed by atoms with van der Waals surface area (Å²) in [7, 11) is 0. The van der Waals surface area contributed by atoms with Crippen molar-refractivity contribution in [3.63, 3.8) is 0 Å². The maximum absolute atomic E-state index is 9.19.